The van der Waals surface area contributed by atoms with Crippen LogP contribution in [-0.2, 0) is 16.6 Å². The van der Waals surface area contributed by atoms with Gasteiger partial charge in [0.05, 0.1) is 19.1 Å². The molecule has 0 aromatic heterocycles. The molecule has 0 amide bonds. The van der Waals surface area contributed by atoms with Crippen molar-refractivity contribution in [3.05, 3.63) is 59.7 Å². The van der Waals surface area contributed by atoms with E-state index in [2.05, 4.69) is 0 Å². The van der Waals surface area contributed by atoms with Crippen molar-refractivity contribution in [2.45, 2.75) is 25.7 Å². The maximum atomic E-state index is 11.7. The minimum atomic E-state index is -0.572. The van der Waals surface area contributed by atoms with E-state index in [9.17, 15) is 4.79 Å². The minimum absolute atomic E-state index is 0.572. The van der Waals surface area contributed by atoms with E-state index >= 15 is 0 Å². The van der Waals surface area contributed by atoms with Gasteiger partial charge < -0.3 is 14.3 Å². The number of hydrogen-bond donors (Lipinski definition) is 0. The average molecular weight is 298 g/mol. The number of rotatable bonds is 7. The fourth-order valence-corrected chi connectivity index (χ4v) is 2.52. The summed E-state index contributed by atoms with van der Waals surface area (Å²) >= 11 is 0. The third kappa shape index (κ3) is 3.67. The zero-order valence-corrected chi connectivity index (χ0v) is 13.3. The molecule has 1 unspecified atom stereocenters. The fraction of sp³-hybridized carbons (Fsp3) is 0.316. The molecule has 0 saturated heterocycles. The third-order valence-electron chi connectivity index (χ3n) is 3.79. The van der Waals surface area contributed by atoms with Gasteiger partial charge in [0.1, 0.15) is 17.8 Å². The molecule has 2 rings (SSSR count). The summed E-state index contributed by atoms with van der Waals surface area (Å²) in [7, 11) is 1.63. The third-order valence-corrected chi connectivity index (χ3v) is 3.79. The highest BCUT2D eigenvalue weighted by Crippen LogP contribution is 2.29. The lowest BCUT2D eigenvalue weighted by atomic mass is 9.78. The van der Waals surface area contributed by atoms with Crippen LogP contribution in [0.4, 0.5) is 0 Å². The van der Waals surface area contributed by atoms with Gasteiger partial charge in [-0.1, -0.05) is 24.3 Å². The normalized spacial score (nSPS) is 13.2. The molecule has 0 aliphatic rings. The predicted octanol–water partition coefficient (Wildman–Crippen LogP) is 3.79. The molecular weight excluding hydrogens is 276 g/mol. The molecule has 3 heteroatoms. The molecular formula is C19H22O3. The van der Waals surface area contributed by atoms with Crippen molar-refractivity contribution in [1.82, 2.24) is 0 Å². The average Bonchev–Trinajstić information content (AvgIpc) is 2.55. The molecule has 0 aliphatic heterocycles. The van der Waals surface area contributed by atoms with Crippen LogP contribution in [0.15, 0.2) is 48.5 Å². The second-order valence-corrected chi connectivity index (χ2v) is 5.52. The van der Waals surface area contributed by atoms with Crippen LogP contribution in [0.1, 0.15) is 25.0 Å². The molecule has 0 spiro atoms. The van der Waals surface area contributed by atoms with Gasteiger partial charge >= 0.3 is 0 Å². The van der Waals surface area contributed by atoms with E-state index < -0.39 is 5.41 Å². The first-order valence-electron chi connectivity index (χ1n) is 7.44. The van der Waals surface area contributed by atoms with Crippen LogP contribution in [0, 0.1) is 0 Å². The van der Waals surface area contributed by atoms with Crippen molar-refractivity contribution >= 4 is 6.29 Å². The molecule has 0 heterocycles. The Hall–Kier alpha value is -2.29. The largest absolute Gasteiger partial charge is 0.497 e. The molecule has 2 aromatic rings. The molecule has 0 fully saturated rings. The number of methoxy groups -OCH3 is 1. The summed E-state index contributed by atoms with van der Waals surface area (Å²) in [5.74, 6) is 1.62. The van der Waals surface area contributed by atoms with Gasteiger partial charge in [-0.05, 0) is 55.7 Å². The lowest BCUT2D eigenvalue weighted by Crippen LogP contribution is -2.26. The topological polar surface area (TPSA) is 35.5 Å². The maximum absolute atomic E-state index is 11.7. The van der Waals surface area contributed by atoms with Crippen LogP contribution in [0.25, 0.3) is 0 Å². The van der Waals surface area contributed by atoms with Crippen molar-refractivity contribution in [2.24, 2.45) is 0 Å². The Balaban J connectivity index is 2.25. The first kappa shape index (κ1) is 16.1. The highest BCUT2D eigenvalue weighted by atomic mass is 16.5. The molecule has 0 saturated carbocycles. The highest BCUT2D eigenvalue weighted by molar-refractivity contribution is 5.69. The molecule has 22 heavy (non-hydrogen) atoms. The molecule has 0 bridgehead atoms. The minimum Gasteiger partial charge on any atom is -0.497 e. The molecule has 1 atom stereocenters. The fourth-order valence-electron chi connectivity index (χ4n) is 2.52. The molecule has 3 nitrogen and oxygen atoms in total. The van der Waals surface area contributed by atoms with Crippen LogP contribution < -0.4 is 9.47 Å². The summed E-state index contributed by atoms with van der Waals surface area (Å²) in [4.78, 5) is 11.7. The first-order valence-corrected chi connectivity index (χ1v) is 7.44. The van der Waals surface area contributed by atoms with Crippen molar-refractivity contribution in [3.63, 3.8) is 0 Å². The van der Waals surface area contributed by atoms with Crippen LogP contribution in [0.5, 0.6) is 11.5 Å². The second-order valence-electron chi connectivity index (χ2n) is 5.52. The Labute approximate surface area is 131 Å². The number of carbonyl (C=O) groups excluding carboxylic acids is 1. The number of carbonyl (C=O) groups is 1. The molecule has 0 N–H and O–H groups in total. The Morgan fingerprint density at radius 2 is 1.82 bits per heavy atom. The maximum Gasteiger partial charge on any atom is 0.130 e. The van der Waals surface area contributed by atoms with Crippen LogP contribution in [0.2, 0.25) is 0 Å². The van der Waals surface area contributed by atoms with Crippen molar-refractivity contribution < 1.29 is 14.3 Å². The summed E-state index contributed by atoms with van der Waals surface area (Å²) in [5, 5.41) is 0. The van der Waals surface area contributed by atoms with Crippen molar-refractivity contribution in [2.75, 3.05) is 13.7 Å². The van der Waals surface area contributed by atoms with Gasteiger partial charge in [-0.25, -0.2) is 0 Å². The summed E-state index contributed by atoms with van der Waals surface area (Å²) in [6.07, 6.45) is 1.64. The standard InChI is InChI=1S/C19H22O3/c1-4-22-18-7-5-6-15(12-18)13-19(2,14-20)16-8-10-17(21-3)11-9-16/h5-12,14H,4,13H2,1-3H3. The van der Waals surface area contributed by atoms with Crippen LogP contribution in [-0.4, -0.2) is 20.0 Å². The zero-order chi connectivity index (χ0) is 16.0. The predicted molar refractivity (Wildman–Crippen MR) is 87.7 cm³/mol. The molecule has 2 aromatic carbocycles. The lowest BCUT2D eigenvalue weighted by molar-refractivity contribution is -0.112. The Morgan fingerprint density at radius 1 is 1.09 bits per heavy atom. The van der Waals surface area contributed by atoms with Crippen LogP contribution >= 0.6 is 0 Å². The van der Waals surface area contributed by atoms with Gasteiger partial charge in [0, 0.05) is 0 Å². The van der Waals surface area contributed by atoms with E-state index in [1.165, 1.54) is 0 Å². The van der Waals surface area contributed by atoms with Gasteiger partial charge in [0.2, 0.25) is 0 Å². The van der Waals surface area contributed by atoms with Crippen LogP contribution in [0.3, 0.4) is 0 Å². The Morgan fingerprint density at radius 3 is 2.41 bits per heavy atom. The lowest BCUT2D eigenvalue weighted by Gasteiger charge is -2.24. The number of ether oxygens (including phenoxy) is 2. The molecule has 0 aliphatic carbocycles. The monoisotopic (exact) mass is 298 g/mol. The highest BCUT2D eigenvalue weighted by Gasteiger charge is 2.26. The smallest absolute Gasteiger partial charge is 0.130 e. The second kappa shape index (κ2) is 7.12. The summed E-state index contributed by atoms with van der Waals surface area (Å²) in [6, 6.07) is 15.6. The number of aldehydes is 1. The van der Waals surface area contributed by atoms with E-state index in [-0.39, 0.29) is 0 Å². The molecule has 0 radical (unpaired) electrons. The SMILES string of the molecule is CCOc1cccc(CC(C)(C=O)c2ccc(OC)cc2)c1. The number of benzene rings is 2. The summed E-state index contributed by atoms with van der Waals surface area (Å²) < 4.78 is 10.7. The van der Waals surface area contributed by atoms with Crippen molar-refractivity contribution in [1.29, 1.82) is 0 Å². The van der Waals surface area contributed by atoms with E-state index in [1.807, 2.05) is 62.4 Å². The van der Waals surface area contributed by atoms with Crippen molar-refractivity contribution in [3.8, 4) is 11.5 Å². The summed E-state index contributed by atoms with van der Waals surface area (Å²) in [6.45, 7) is 4.54. The van der Waals surface area contributed by atoms with E-state index in [4.69, 9.17) is 9.47 Å². The zero-order valence-electron chi connectivity index (χ0n) is 13.3. The van der Waals surface area contributed by atoms with Gasteiger partial charge in [0.25, 0.3) is 0 Å². The van der Waals surface area contributed by atoms with Gasteiger partial charge in [-0.3, -0.25) is 0 Å². The molecule has 116 valence electrons. The number of hydrogen-bond acceptors (Lipinski definition) is 3. The summed E-state index contributed by atoms with van der Waals surface area (Å²) in [5.41, 5.74) is 1.48. The van der Waals surface area contributed by atoms with Gasteiger partial charge in [-0.15, -0.1) is 0 Å². The van der Waals surface area contributed by atoms with E-state index in [1.54, 1.807) is 7.11 Å². The Kier molecular flexibility index (Phi) is 5.21. The van der Waals surface area contributed by atoms with E-state index in [0.29, 0.717) is 13.0 Å². The quantitative estimate of drug-likeness (QED) is 0.729. The van der Waals surface area contributed by atoms with Gasteiger partial charge in [-0.2, -0.15) is 0 Å². The first-order chi connectivity index (χ1) is 10.6. The van der Waals surface area contributed by atoms with Gasteiger partial charge in [0.15, 0.2) is 0 Å². The van der Waals surface area contributed by atoms with E-state index in [0.717, 1.165) is 28.9 Å². The Bertz CT molecular complexity index is 619.